The first-order valence-electron chi connectivity index (χ1n) is 8.98. The van der Waals surface area contributed by atoms with E-state index >= 15 is 0 Å². The molecule has 27 heavy (non-hydrogen) atoms. The van der Waals surface area contributed by atoms with E-state index < -0.39 is 0 Å². The molecule has 0 atom stereocenters. The molecule has 0 spiro atoms. The Morgan fingerprint density at radius 2 is 1.78 bits per heavy atom. The Hall–Kier alpha value is -3.08. The van der Waals surface area contributed by atoms with Gasteiger partial charge in [-0.3, -0.25) is 9.59 Å². The summed E-state index contributed by atoms with van der Waals surface area (Å²) in [6, 6.07) is 16.9. The third kappa shape index (κ3) is 4.03. The minimum atomic E-state index is -0.0365. The Morgan fingerprint density at radius 3 is 2.44 bits per heavy atom. The molecule has 0 fully saturated rings. The first-order chi connectivity index (χ1) is 13.0. The molecule has 3 rings (SSSR count). The van der Waals surface area contributed by atoms with Gasteiger partial charge in [-0.1, -0.05) is 18.2 Å². The number of Topliss-reactive ketones (excluding diaryl/α,β-unsaturated/α-hetero) is 1. The van der Waals surface area contributed by atoms with E-state index in [1.54, 1.807) is 43.3 Å². The van der Waals surface area contributed by atoms with E-state index in [1.165, 1.54) is 0 Å². The minimum Gasteiger partial charge on any atom is -0.497 e. The van der Waals surface area contributed by atoms with Crippen molar-refractivity contribution < 1.29 is 14.3 Å². The molecule has 140 valence electrons. The van der Waals surface area contributed by atoms with E-state index in [2.05, 4.69) is 0 Å². The molecule has 2 aromatic carbocycles. The molecule has 3 aromatic rings. The number of fused-ring (bicyclic) bond motifs is 1. The summed E-state index contributed by atoms with van der Waals surface area (Å²) in [4.78, 5) is 26.7. The second-order valence-corrected chi connectivity index (χ2v) is 6.63. The number of carbonyl (C=O) groups is 2. The molecule has 1 aromatic heterocycles. The normalized spacial score (nSPS) is 10.8. The second-order valence-electron chi connectivity index (χ2n) is 6.63. The number of ketones is 1. The van der Waals surface area contributed by atoms with Gasteiger partial charge in [0.25, 0.3) is 5.91 Å². The summed E-state index contributed by atoms with van der Waals surface area (Å²) in [6.07, 6.45) is 1.02. The molecule has 0 aliphatic carbocycles. The van der Waals surface area contributed by atoms with Crippen molar-refractivity contribution in [2.75, 3.05) is 20.7 Å². The van der Waals surface area contributed by atoms with Crippen molar-refractivity contribution in [1.29, 1.82) is 0 Å². The zero-order valence-electron chi connectivity index (χ0n) is 15.9. The van der Waals surface area contributed by atoms with Crippen LogP contribution in [-0.2, 0) is 7.05 Å². The van der Waals surface area contributed by atoms with Gasteiger partial charge in [0.05, 0.1) is 7.11 Å². The van der Waals surface area contributed by atoms with Crippen molar-refractivity contribution in [3.8, 4) is 5.75 Å². The highest BCUT2D eigenvalue weighted by atomic mass is 16.5. The minimum absolute atomic E-state index is 0.0365. The molecule has 0 aliphatic heterocycles. The lowest BCUT2D eigenvalue weighted by molar-refractivity contribution is 0.0777. The monoisotopic (exact) mass is 364 g/mol. The summed E-state index contributed by atoms with van der Waals surface area (Å²) < 4.78 is 7.02. The van der Waals surface area contributed by atoms with Crippen molar-refractivity contribution in [2.24, 2.45) is 7.05 Å². The predicted octanol–water partition coefficient (Wildman–Crippen LogP) is 3.92. The van der Waals surface area contributed by atoms with Crippen LogP contribution in [0, 0.1) is 0 Å². The highest BCUT2D eigenvalue weighted by Gasteiger charge is 2.17. The maximum atomic E-state index is 12.8. The van der Waals surface area contributed by atoms with Gasteiger partial charge in [0, 0.05) is 43.5 Å². The van der Waals surface area contributed by atoms with Crippen molar-refractivity contribution in [3.63, 3.8) is 0 Å². The molecule has 0 unspecified atom stereocenters. The Labute approximate surface area is 159 Å². The van der Waals surface area contributed by atoms with Gasteiger partial charge in [-0.05, 0) is 42.8 Å². The molecule has 0 N–H and O–H groups in total. The Morgan fingerprint density at radius 1 is 1.07 bits per heavy atom. The summed E-state index contributed by atoms with van der Waals surface area (Å²) in [5.41, 5.74) is 2.35. The number of amides is 1. The second kappa shape index (κ2) is 8.08. The van der Waals surface area contributed by atoms with Crippen LogP contribution in [0.1, 0.15) is 33.7 Å². The number of hydrogen-bond donors (Lipinski definition) is 0. The highest BCUT2D eigenvalue weighted by Crippen LogP contribution is 2.19. The first kappa shape index (κ1) is 18.7. The average molecular weight is 364 g/mol. The number of para-hydroxylation sites is 1. The lowest BCUT2D eigenvalue weighted by atomic mass is 10.1. The summed E-state index contributed by atoms with van der Waals surface area (Å²) in [5.74, 6) is 0.764. The molecule has 0 radical (unpaired) electrons. The highest BCUT2D eigenvalue weighted by molar-refractivity contribution is 5.99. The van der Waals surface area contributed by atoms with Crippen LogP contribution < -0.4 is 4.74 Å². The first-order valence-corrected chi connectivity index (χ1v) is 8.98. The number of ether oxygens (including phenoxy) is 1. The van der Waals surface area contributed by atoms with Gasteiger partial charge in [-0.25, -0.2) is 0 Å². The molecule has 0 aliphatic rings. The number of methoxy groups -OCH3 is 1. The number of carbonyl (C=O) groups excluding carboxylic acids is 2. The number of benzene rings is 2. The summed E-state index contributed by atoms with van der Waals surface area (Å²) in [7, 11) is 5.27. The lowest BCUT2D eigenvalue weighted by Gasteiger charge is -2.17. The zero-order chi connectivity index (χ0) is 19.4. The largest absolute Gasteiger partial charge is 0.497 e. The third-order valence-electron chi connectivity index (χ3n) is 4.83. The van der Waals surface area contributed by atoms with Crippen LogP contribution in [-0.4, -0.2) is 41.9 Å². The fraction of sp³-hybridized carbons (Fsp3) is 0.273. The van der Waals surface area contributed by atoms with E-state index in [0.29, 0.717) is 30.6 Å². The molecule has 0 saturated heterocycles. The molecule has 1 amide bonds. The van der Waals surface area contributed by atoms with Gasteiger partial charge in [0.15, 0.2) is 5.78 Å². The van der Waals surface area contributed by atoms with Crippen molar-refractivity contribution in [1.82, 2.24) is 9.47 Å². The number of aryl methyl sites for hydroxylation is 1. The molecular formula is C22H24N2O3. The SMILES string of the molecule is COc1ccc(C(=O)CCCN(C)C(=O)c2cc3ccccc3n2C)cc1. The van der Waals surface area contributed by atoms with Crippen LogP contribution in [0.5, 0.6) is 5.75 Å². The van der Waals surface area contributed by atoms with Crippen molar-refractivity contribution in [2.45, 2.75) is 12.8 Å². The van der Waals surface area contributed by atoms with E-state index in [9.17, 15) is 9.59 Å². The van der Waals surface area contributed by atoms with Gasteiger partial charge in [-0.15, -0.1) is 0 Å². The van der Waals surface area contributed by atoms with Gasteiger partial charge in [0.2, 0.25) is 0 Å². The van der Waals surface area contributed by atoms with Gasteiger partial charge < -0.3 is 14.2 Å². The molecule has 5 nitrogen and oxygen atoms in total. The van der Waals surface area contributed by atoms with Crippen LogP contribution >= 0.6 is 0 Å². The quantitative estimate of drug-likeness (QED) is 0.597. The van der Waals surface area contributed by atoms with Crippen molar-refractivity contribution in [3.05, 3.63) is 65.9 Å². The summed E-state index contributed by atoms with van der Waals surface area (Å²) in [6.45, 7) is 0.530. The summed E-state index contributed by atoms with van der Waals surface area (Å²) >= 11 is 0. The number of hydrogen-bond acceptors (Lipinski definition) is 3. The topological polar surface area (TPSA) is 51.5 Å². The van der Waals surface area contributed by atoms with Crippen LogP contribution in [0.25, 0.3) is 10.9 Å². The van der Waals surface area contributed by atoms with Crippen LogP contribution in [0.4, 0.5) is 0 Å². The van der Waals surface area contributed by atoms with Crippen LogP contribution in [0.2, 0.25) is 0 Å². The van der Waals surface area contributed by atoms with E-state index in [4.69, 9.17) is 4.74 Å². The van der Waals surface area contributed by atoms with Crippen LogP contribution in [0.15, 0.2) is 54.6 Å². The number of nitrogens with zero attached hydrogens (tertiary/aromatic N) is 2. The maximum absolute atomic E-state index is 12.8. The fourth-order valence-electron chi connectivity index (χ4n) is 3.19. The third-order valence-corrected chi connectivity index (χ3v) is 4.83. The van der Waals surface area contributed by atoms with Crippen molar-refractivity contribution >= 4 is 22.6 Å². The molecule has 1 heterocycles. The molecule has 0 saturated carbocycles. The van der Waals surface area contributed by atoms with Gasteiger partial charge >= 0.3 is 0 Å². The number of rotatable bonds is 7. The molecule has 5 heteroatoms. The van der Waals surface area contributed by atoms with Gasteiger partial charge in [-0.2, -0.15) is 0 Å². The average Bonchev–Trinajstić information content (AvgIpc) is 3.04. The fourth-order valence-corrected chi connectivity index (χ4v) is 3.19. The lowest BCUT2D eigenvalue weighted by Crippen LogP contribution is -2.29. The van der Waals surface area contributed by atoms with Crippen LogP contribution in [0.3, 0.4) is 0 Å². The maximum Gasteiger partial charge on any atom is 0.270 e. The Bertz CT molecular complexity index is 957. The predicted molar refractivity (Wildman–Crippen MR) is 106 cm³/mol. The van der Waals surface area contributed by atoms with E-state index in [-0.39, 0.29) is 11.7 Å². The zero-order valence-corrected chi connectivity index (χ0v) is 15.9. The molecular weight excluding hydrogens is 340 g/mol. The van der Waals surface area contributed by atoms with E-state index in [1.807, 2.05) is 41.9 Å². The summed E-state index contributed by atoms with van der Waals surface area (Å²) in [5, 5.41) is 1.05. The van der Waals surface area contributed by atoms with E-state index in [0.717, 1.165) is 16.7 Å². The molecule has 0 bridgehead atoms. The van der Waals surface area contributed by atoms with Gasteiger partial charge in [0.1, 0.15) is 11.4 Å². The smallest absolute Gasteiger partial charge is 0.270 e. The Kier molecular flexibility index (Phi) is 5.60. The number of aromatic nitrogens is 1. The standard InChI is InChI=1S/C22H24N2O3/c1-23(14-6-9-21(25)16-10-12-18(27-3)13-11-16)22(26)20-15-17-7-4-5-8-19(17)24(20)2/h4-5,7-8,10-13,15H,6,9,14H2,1-3H3. The Balaban J connectivity index is 1.58.